The Kier molecular flexibility index (Phi) is 8.26. The number of carbonyl (C=O) groups is 2. The molecule has 0 saturated carbocycles. The Morgan fingerprint density at radius 3 is 2.00 bits per heavy atom. The van der Waals surface area contributed by atoms with Gasteiger partial charge in [-0.3, -0.25) is 9.59 Å². The van der Waals surface area contributed by atoms with Crippen molar-refractivity contribution in [2.24, 2.45) is 11.5 Å². The fraction of sp³-hybridized carbons (Fsp3) is 0.556. The maximum Gasteiger partial charge on any atom is 0.249 e. The zero-order valence-corrected chi connectivity index (χ0v) is 13.6. The second-order valence-electron chi connectivity index (χ2n) is 5.79. The van der Waals surface area contributed by atoms with E-state index in [4.69, 9.17) is 11.5 Å². The minimum atomic E-state index is -0.605. The third-order valence-corrected chi connectivity index (χ3v) is 3.96. The Balaban J connectivity index is 2.47. The average molecular weight is 304 g/mol. The van der Waals surface area contributed by atoms with Crippen molar-refractivity contribution in [2.45, 2.75) is 64.7 Å². The van der Waals surface area contributed by atoms with Crippen LogP contribution in [0.25, 0.3) is 0 Å². The normalized spacial score (nSPS) is 10.6. The van der Waals surface area contributed by atoms with Gasteiger partial charge in [-0.25, -0.2) is 0 Å². The maximum absolute atomic E-state index is 11.6. The van der Waals surface area contributed by atoms with Gasteiger partial charge in [-0.1, -0.05) is 64.0 Å². The van der Waals surface area contributed by atoms with E-state index in [-0.39, 0.29) is 11.1 Å². The van der Waals surface area contributed by atoms with Crippen molar-refractivity contribution in [1.82, 2.24) is 0 Å². The number of hydrogen-bond acceptors (Lipinski definition) is 2. The van der Waals surface area contributed by atoms with Crippen LogP contribution in [0.1, 0.15) is 84.6 Å². The van der Waals surface area contributed by atoms with Gasteiger partial charge in [-0.2, -0.15) is 0 Å². The lowest BCUT2D eigenvalue weighted by Crippen LogP contribution is -2.22. The number of carbonyl (C=O) groups excluding carboxylic acids is 2. The Bertz CT molecular complexity index is 498. The molecule has 0 spiro atoms. The standard InChI is InChI=1S/C18H28N2O2/c1-2-3-4-5-6-7-8-9-11-14-12-10-13-15(17(19)21)16(14)18(20)22/h10,12-13H,2-9,11H2,1H3,(H2,19,21)(H2,20,22). The molecule has 4 heteroatoms. The van der Waals surface area contributed by atoms with Crippen LogP contribution in [0.3, 0.4) is 0 Å². The SMILES string of the molecule is CCCCCCCCCCc1cccc(C(N)=O)c1C(N)=O. The molecule has 22 heavy (non-hydrogen) atoms. The first kappa shape index (κ1) is 18.2. The number of amides is 2. The van der Waals surface area contributed by atoms with Crippen LogP contribution in [0, 0.1) is 0 Å². The summed E-state index contributed by atoms with van der Waals surface area (Å²) in [5, 5.41) is 0. The van der Waals surface area contributed by atoms with Crippen LogP contribution in [-0.4, -0.2) is 11.8 Å². The summed E-state index contributed by atoms with van der Waals surface area (Å²) in [6.45, 7) is 2.22. The predicted octanol–water partition coefficient (Wildman–Crippen LogP) is 3.57. The van der Waals surface area contributed by atoms with E-state index in [2.05, 4.69) is 6.92 Å². The van der Waals surface area contributed by atoms with Crippen LogP contribution in [0.15, 0.2) is 18.2 Å². The quantitative estimate of drug-likeness (QED) is 0.612. The molecule has 0 fully saturated rings. The van der Waals surface area contributed by atoms with Gasteiger partial charge >= 0.3 is 0 Å². The van der Waals surface area contributed by atoms with Crippen molar-refractivity contribution in [3.05, 3.63) is 34.9 Å². The molecule has 0 radical (unpaired) electrons. The lowest BCUT2D eigenvalue weighted by Gasteiger charge is -2.10. The molecular weight excluding hydrogens is 276 g/mol. The van der Waals surface area contributed by atoms with Crippen molar-refractivity contribution in [3.8, 4) is 0 Å². The van der Waals surface area contributed by atoms with Gasteiger partial charge in [-0.05, 0) is 24.5 Å². The van der Waals surface area contributed by atoms with Crippen LogP contribution >= 0.6 is 0 Å². The lowest BCUT2D eigenvalue weighted by molar-refractivity contribution is 0.0966. The van der Waals surface area contributed by atoms with Gasteiger partial charge in [0.2, 0.25) is 11.8 Å². The van der Waals surface area contributed by atoms with Crippen molar-refractivity contribution >= 4 is 11.8 Å². The molecule has 0 unspecified atom stereocenters. The fourth-order valence-electron chi connectivity index (χ4n) is 2.75. The number of aryl methyl sites for hydroxylation is 1. The van der Waals surface area contributed by atoms with Crippen LogP contribution in [-0.2, 0) is 6.42 Å². The zero-order valence-electron chi connectivity index (χ0n) is 13.6. The molecule has 4 nitrogen and oxygen atoms in total. The van der Waals surface area contributed by atoms with Gasteiger partial charge in [0.1, 0.15) is 0 Å². The number of nitrogens with two attached hydrogens (primary N) is 2. The Morgan fingerprint density at radius 2 is 1.45 bits per heavy atom. The Morgan fingerprint density at radius 1 is 0.864 bits per heavy atom. The van der Waals surface area contributed by atoms with Crippen LogP contribution in [0.4, 0.5) is 0 Å². The van der Waals surface area contributed by atoms with Gasteiger partial charge in [0.25, 0.3) is 0 Å². The highest BCUT2D eigenvalue weighted by Gasteiger charge is 2.16. The second-order valence-corrected chi connectivity index (χ2v) is 5.79. The molecule has 0 aliphatic rings. The number of benzene rings is 1. The summed E-state index contributed by atoms with van der Waals surface area (Å²) in [6, 6.07) is 5.17. The molecule has 0 aliphatic heterocycles. The summed E-state index contributed by atoms with van der Waals surface area (Å²) in [7, 11) is 0. The van der Waals surface area contributed by atoms with Crippen molar-refractivity contribution in [1.29, 1.82) is 0 Å². The van der Waals surface area contributed by atoms with E-state index in [1.807, 2.05) is 6.07 Å². The molecule has 2 amide bonds. The first-order chi connectivity index (χ1) is 10.6. The van der Waals surface area contributed by atoms with Gasteiger partial charge in [0, 0.05) is 0 Å². The minimum Gasteiger partial charge on any atom is -0.366 e. The van der Waals surface area contributed by atoms with Gasteiger partial charge in [-0.15, -0.1) is 0 Å². The Labute approximate surface area is 133 Å². The summed E-state index contributed by atoms with van der Waals surface area (Å²) in [4.78, 5) is 23.0. The largest absolute Gasteiger partial charge is 0.366 e. The van der Waals surface area contributed by atoms with E-state index < -0.39 is 11.8 Å². The lowest BCUT2D eigenvalue weighted by atomic mass is 9.95. The number of primary amides is 2. The molecule has 0 saturated heterocycles. The number of rotatable bonds is 11. The average Bonchev–Trinajstić information content (AvgIpc) is 2.49. The molecule has 1 aromatic carbocycles. The van der Waals surface area contributed by atoms with Gasteiger partial charge in [0.05, 0.1) is 11.1 Å². The summed E-state index contributed by atoms with van der Waals surface area (Å²) in [5.74, 6) is -1.18. The molecular formula is C18H28N2O2. The molecule has 0 atom stereocenters. The van der Waals surface area contributed by atoms with E-state index in [0.29, 0.717) is 0 Å². The zero-order chi connectivity index (χ0) is 16.4. The summed E-state index contributed by atoms with van der Waals surface area (Å²) < 4.78 is 0. The summed E-state index contributed by atoms with van der Waals surface area (Å²) in [5.41, 5.74) is 12.1. The van der Waals surface area contributed by atoms with Crippen LogP contribution in [0.2, 0.25) is 0 Å². The topological polar surface area (TPSA) is 86.2 Å². The van der Waals surface area contributed by atoms with Crippen molar-refractivity contribution in [2.75, 3.05) is 0 Å². The molecule has 0 aromatic heterocycles. The Hall–Kier alpha value is -1.84. The monoisotopic (exact) mass is 304 g/mol. The molecule has 1 aromatic rings. The first-order valence-electron chi connectivity index (χ1n) is 8.29. The molecule has 0 bridgehead atoms. The van der Waals surface area contributed by atoms with Crippen molar-refractivity contribution < 1.29 is 9.59 Å². The van der Waals surface area contributed by atoms with E-state index in [1.54, 1.807) is 12.1 Å². The molecule has 1 rings (SSSR count). The summed E-state index contributed by atoms with van der Waals surface area (Å²) in [6.07, 6.45) is 10.6. The molecule has 0 heterocycles. The third-order valence-electron chi connectivity index (χ3n) is 3.96. The van der Waals surface area contributed by atoms with Crippen LogP contribution in [0.5, 0.6) is 0 Å². The van der Waals surface area contributed by atoms with Crippen molar-refractivity contribution in [3.63, 3.8) is 0 Å². The molecule has 122 valence electrons. The van der Waals surface area contributed by atoms with E-state index in [0.717, 1.165) is 24.8 Å². The second kappa shape index (κ2) is 9.98. The van der Waals surface area contributed by atoms with E-state index >= 15 is 0 Å². The highest BCUT2D eigenvalue weighted by Crippen LogP contribution is 2.18. The maximum atomic E-state index is 11.6. The van der Waals surface area contributed by atoms with E-state index in [1.165, 1.54) is 38.5 Å². The number of unbranched alkanes of at least 4 members (excludes halogenated alkanes) is 7. The smallest absolute Gasteiger partial charge is 0.249 e. The minimum absolute atomic E-state index is 0.226. The highest BCUT2D eigenvalue weighted by molar-refractivity contribution is 6.07. The van der Waals surface area contributed by atoms with Gasteiger partial charge < -0.3 is 11.5 Å². The van der Waals surface area contributed by atoms with Crippen LogP contribution < -0.4 is 11.5 Å². The predicted molar refractivity (Wildman–Crippen MR) is 89.8 cm³/mol. The van der Waals surface area contributed by atoms with Gasteiger partial charge in [0.15, 0.2) is 0 Å². The van der Waals surface area contributed by atoms with E-state index in [9.17, 15) is 9.59 Å². The fourth-order valence-corrected chi connectivity index (χ4v) is 2.75. The third kappa shape index (κ3) is 5.88. The molecule has 0 aliphatic carbocycles. The summed E-state index contributed by atoms with van der Waals surface area (Å²) >= 11 is 0. The molecule has 4 N–H and O–H groups in total. The first-order valence-corrected chi connectivity index (χ1v) is 8.29. The highest BCUT2D eigenvalue weighted by atomic mass is 16.2. The number of hydrogen-bond donors (Lipinski definition) is 2.